The Balaban J connectivity index is 2.59. The van der Waals surface area contributed by atoms with Gasteiger partial charge >= 0.3 is 0 Å². The van der Waals surface area contributed by atoms with Crippen LogP contribution in [-0.2, 0) is 0 Å². The molecule has 1 heterocycles. The van der Waals surface area contributed by atoms with E-state index in [1.807, 2.05) is 0 Å². The second kappa shape index (κ2) is 2.80. The average Bonchev–Trinajstić information content (AvgIpc) is 1.64. The van der Waals surface area contributed by atoms with Crippen molar-refractivity contribution in [3.63, 3.8) is 0 Å². The summed E-state index contributed by atoms with van der Waals surface area (Å²) in [6.45, 7) is 0. The van der Waals surface area contributed by atoms with E-state index in [4.69, 9.17) is 0 Å². The molecule has 0 aromatic heterocycles. The summed E-state index contributed by atoms with van der Waals surface area (Å²) in [4.78, 5) is 7.63. The second-order valence-electron chi connectivity index (χ2n) is 1.12. The van der Waals surface area contributed by atoms with E-state index < -0.39 is 0 Å². The zero-order chi connectivity index (χ0) is 5.98. The van der Waals surface area contributed by atoms with Crippen LogP contribution in [-0.4, -0.2) is 15.4 Å². The monoisotopic (exact) mass is 164 g/mol. The lowest BCUT2D eigenvalue weighted by molar-refractivity contribution is 1.31. The molecule has 44 valence electrons. The van der Waals surface area contributed by atoms with Crippen molar-refractivity contribution in [3.8, 4) is 0 Å². The van der Waals surface area contributed by atoms with Gasteiger partial charge in [-0.25, -0.2) is 9.98 Å². The van der Waals surface area contributed by atoms with Crippen LogP contribution in [0.5, 0.6) is 0 Å². The van der Waals surface area contributed by atoms with E-state index in [0.717, 1.165) is 4.38 Å². The maximum absolute atomic E-state index is 4.06. The third kappa shape index (κ3) is 1.72. The molecule has 0 spiro atoms. The van der Waals surface area contributed by atoms with Gasteiger partial charge in [0, 0.05) is 0 Å². The third-order valence-corrected chi connectivity index (χ3v) is 2.10. The maximum Gasteiger partial charge on any atom is 0.146 e. The van der Waals surface area contributed by atoms with Crippen LogP contribution in [0.1, 0.15) is 0 Å². The fourth-order valence-corrected chi connectivity index (χ4v) is 1.67. The van der Waals surface area contributed by atoms with Gasteiger partial charge in [0.05, 0.1) is 0 Å². The Hall–Kier alpha value is 0.390. The number of rotatable bonds is 0. The van der Waals surface area contributed by atoms with Gasteiger partial charge in [-0.1, -0.05) is 11.8 Å². The zero-order valence-electron chi connectivity index (χ0n) is 3.85. The van der Waals surface area contributed by atoms with Crippen LogP contribution in [0.3, 0.4) is 0 Å². The van der Waals surface area contributed by atoms with Gasteiger partial charge in [-0.2, -0.15) is 0 Å². The van der Waals surface area contributed by atoms with Crippen LogP contribution in [0.4, 0.5) is 0 Å². The molecule has 0 fully saturated rings. The lowest BCUT2D eigenvalue weighted by atomic mass is 11.2. The normalized spacial score (nSPS) is 27.8. The average molecular weight is 164 g/mol. The quantitative estimate of drug-likeness (QED) is 0.518. The first-order chi connectivity index (χ1) is 3.79. The van der Waals surface area contributed by atoms with Crippen molar-refractivity contribution in [1.82, 2.24) is 0 Å². The molecule has 8 heavy (non-hydrogen) atoms. The molecule has 0 radical (unpaired) electrons. The largest absolute Gasteiger partial charge is 0.248 e. The molecule has 5 heteroatoms. The lowest BCUT2D eigenvalue weighted by Gasteiger charge is -2.05. The minimum absolute atomic E-state index is 0.0139. The Kier molecular flexibility index (Phi) is 2.27. The fraction of sp³-hybridized carbons (Fsp3) is 0.333. The van der Waals surface area contributed by atoms with E-state index in [9.17, 15) is 0 Å². The van der Waals surface area contributed by atoms with Crippen LogP contribution in [0, 0.1) is 0 Å². The first-order valence-electron chi connectivity index (χ1n) is 1.92. The predicted octanol–water partition coefficient (Wildman–Crippen LogP) is 1.26. The van der Waals surface area contributed by atoms with Crippen molar-refractivity contribution >= 4 is 47.7 Å². The van der Waals surface area contributed by atoms with Crippen molar-refractivity contribution in [2.24, 2.45) is 9.98 Å². The van der Waals surface area contributed by atoms with Crippen LogP contribution in [0.15, 0.2) is 9.98 Å². The first kappa shape index (κ1) is 6.51. The molecule has 1 unspecified atom stereocenters. The number of nitrogens with zero attached hydrogens (tertiary/aromatic N) is 2. The Labute approximate surface area is 62.7 Å². The van der Waals surface area contributed by atoms with Crippen molar-refractivity contribution in [2.45, 2.75) is 4.71 Å². The van der Waals surface area contributed by atoms with E-state index >= 15 is 0 Å². The minimum atomic E-state index is -0.0139. The van der Waals surface area contributed by atoms with Crippen LogP contribution in [0.25, 0.3) is 0 Å². The molecule has 0 bridgehead atoms. The summed E-state index contributed by atoms with van der Waals surface area (Å²) in [6.07, 6.45) is 1.47. The second-order valence-corrected chi connectivity index (χ2v) is 3.75. The minimum Gasteiger partial charge on any atom is -0.248 e. The van der Waals surface area contributed by atoms with E-state index in [0.29, 0.717) is 0 Å². The summed E-state index contributed by atoms with van der Waals surface area (Å²) >= 11 is 9.47. The zero-order valence-corrected chi connectivity index (χ0v) is 6.46. The van der Waals surface area contributed by atoms with Crippen LogP contribution in [0.2, 0.25) is 0 Å². The highest BCUT2D eigenvalue weighted by Crippen LogP contribution is 2.21. The molecule has 0 N–H and O–H groups in total. The van der Waals surface area contributed by atoms with Crippen molar-refractivity contribution in [3.05, 3.63) is 0 Å². The summed E-state index contributed by atoms with van der Waals surface area (Å²) in [5, 5.41) is 0. The van der Waals surface area contributed by atoms with Crippen LogP contribution < -0.4 is 0 Å². The highest BCUT2D eigenvalue weighted by molar-refractivity contribution is 8.35. The smallest absolute Gasteiger partial charge is 0.146 e. The van der Waals surface area contributed by atoms with E-state index in [1.54, 1.807) is 0 Å². The molecule has 1 atom stereocenters. The van der Waals surface area contributed by atoms with E-state index in [2.05, 4.69) is 35.2 Å². The molecule has 0 aromatic rings. The fourth-order valence-electron chi connectivity index (χ4n) is 0.295. The van der Waals surface area contributed by atoms with Gasteiger partial charge in [0.2, 0.25) is 0 Å². The van der Waals surface area contributed by atoms with Gasteiger partial charge in [-0.15, -0.1) is 25.3 Å². The topological polar surface area (TPSA) is 24.7 Å². The molecule has 2 nitrogen and oxygen atoms in total. The SMILES string of the molecule is SC1=NC=NC(S)S1. The van der Waals surface area contributed by atoms with Gasteiger partial charge < -0.3 is 0 Å². The summed E-state index contributed by atoms with van der Waals surface area (Å²) in [5.41, 5.74) is 0. The Morgan fingerprint density at radius 2 is 2.50 bits per heavy atom. The molecular formula is C3H4N2S3. The molecule has 0 aromatic carbocycles. The van der Waals surface area contributed by atoms with Crippen molar-refractivity contribution in [1.29, 1.82) is 0 Å². The molecule has 1 aliphatic rings. The van der Waals surface area contributed by atoms with Crippen molar-refractivity contribution < 1.29 is 0 Å². The van der Waals surface area contributed by atoms with E-state index in [1.165, 1.54) is 18.1 Å². The number of hydrogen-bond acceptors (Lipinski definition) is 4. The standard InChI is InChI=1S/C3H4N2S3/c6-2-4-1-5-3(7)8-2/h1-2,6H,(H,4,5,7). The Morgan fingerprint density at radius 1 is 1.75 bits per heavy atom. The summed E-state index contributed by atoms with van der Waals surface area (Å²) < 4.78 is 0.708. The van der Waals surface area contributed by atoms with Gasteiger partial charge in [0.15, 0.2) is 0 Å². The Morgan fingerprint density at radius 3 is 2.88 bits per heavy atom. The van der Waals surface area contributed by atoms with Gasteiger partial charge in [-0.3, -0.25) is 0 Å². The number of aliphatic imine (C=N–C) groups is 2. The highest BCUT2D eigenvalue weighted by Gasteiger charge is 2.05. The van der Waals surface area contributed by atoms with Gasteiger partial charge in [0.1, 0.15) is 15.4 Å². The molecule has 0 saturated carbocycles. The Bertz CT molecular complexity index is 141. The molecule has 0 amide bonds. The summed E-state index contributed by atoms with van der Waals surface area (Å²) in [6, 6.07) is 0. The molecule has 1 aliphatic heterocycles. The van der Waals surface area contributed by atoms with Gasteiger partial charge in [-0.05, 0) is 0 Å². The molecular weight excluding hydrogens is 160 g/mol. The molecule has 1 rings (SSSR count). The van der Waals surface area contributed by atoms with E-state index in [-0.39, 0.29) is 4.71 Å². The predicted molar refractivity (Wildman–Crippen MR) is 45.3 cm³/mol. The van der Waals surface area contributed by atoms with Crippen LogP contribution >= 0.6 is 37.0 Å². The maximum atomic E-state index is 4.06. The van der Waals surface area contributed by atoms with Gasteiger partial charge in [0.25, 0.3) is 0 Å². The lowest BCUT2D eigenvalue weighted by Crippen LogP contribution is -1.96. The summed E-state index contributed by atoms with van der Waals surface area (Å²) in [7, 11) is 0. The third-order valence-electron chi connectivity index (χ3n) is 0.573. The number of thiol groups is 2. The highest BCUT2D eigenvalue weighted by atomic mass is 32.2. The summed E-state index contributed by atoms with van der Waals surface area (Å²) in [5.74, 6) is 0. The molecule has 0 aliphatic carbocycles. The van der Waals surface area contributed by atoms with Crippen molar-refractivity contribution in [2.75, 3.05) is 0 Å². The number of thioether (sulfide) groups is 1. The molecule has 0 saturated heterocycles. The first-order valence-corrected chi connectivity index (χ1v) is 3.76. The number of hydrogen-bond donors (Lipinski definition) is 2.